The molecule has 2 aliphatic rings. The van der Waals surface area contributed by atoms with Gasteiger partial charge < -0.3 is 24.7 Å². The minimum atomic E-state index is -1.06. The average Bonchev–Trinajstić information content (AvgIpc) is 2.87. The standard InChI is InChI=1S/C24H27FN6O4.2ClH/c1-34-16-3-4-19-20(10-16)31(23(33)12-27-19)9-8-30-7-6-18(17(25)13-30)26-11-15-2-5-21-24(28-15)29-22(32)14-35-21;;/h2-5,10,12,17-18,26H,6-9,11,13-14H2,1H3,(H,28,29,32);2*1H/t17-,18+;;/m0../s1. The molecule has 4 heterocycles. The summed E-state index contributed by atoms with van der Waals surface area (Å²) in [5.41, 5.74) is 1.91. The van der Waals surface area contributed by atoms with Crippen LogP contribution in [-0.2, 0) is 17.9 Å². The summed E-state index contributed by atoms with van der Waals surface area (Å²) in [6.07, 6.45) is 0.886. The molecule has 0 aliphatic carbocycles. The summed E-state index contributed by atoms with van der Waals surface area (Å²) in [5, 5.41) is 5.93. The van der Waals surface area contributed by atoms with Crippen LogP contribution in [0.5, 0.6) is 11.5 Å². The van der Waals surface area contributed by atoms with E-state index in [0.717, 1.165) is 0 Å². The van der Waals surface area contributed by atoms with Crippen molar-refractivity contribution in [1.82, 2.24) is 24.8 Å². The van der Waals surface area contributed by atoms with Crippen LogP contribution >= 0.6 is 24.8 Å². The Balaban J connectivity index is 0.00000190. The Morgan fingerprint density at radius 3 is 2.84 bits per heavy atom. The molecule has 3 aromatic rings. The van der Waals surface area contributed by atoms with Gasteiger partial charge in [-0.1, -0.05) is 0 Å². The first-order chi connectivity index (χ1) is 17.0. The van der Waals surface area contributed by atoms with E-state index in [4.69, 9.17) is 9.47 Å². The molecule has 200 valence electrons. The molecule has 0 bridgehead atoms. The van der Waals surface area contributed by atoms with Crippen LogP contribution < -0.4 is 25.7 Å². The van der Waals surface area contributed by atoms with E-state index in [1.165, 1.54) is 6.20 Å². The molecule has 0 spiro atoms. The lowest BCUT2D eigenvalue weighted by molar-refractivity contribution is -0.118. The molecular formula is C24H29Cl2FN6O4. The lowest BCUT2D eigenvalue weighted by atomic mass is 10.0. The molecule has 2 aromatic heterocycles. The third-order valence-corrected chi connectivity index (χ3v) is 6.40. The zero-order valence-corrected chi connectivity index (χ0v) is 21.8. The number of piperidine rings is 1. The number of hydrogen-bond donors (Lipinski definition) is 2. The average molecular weight is 555 g/mol. The number of carbonyl (C=O) groups is 1. The highest BCUT2D eigenvalue weighted by Crippen LogP contribution is 2.25. The second-order valence-electron chi connectivity index (χ2n) is 8.68. The number of rotatable bonds is 7. The quantitative estimate of drug-likeness (QED) is 0.457. The monoisotopic (exact) mass is 554 g/mol. The highest BCUT2D eigenvalue weighted by atomic mass is 35.5. The summed E-state index contributed by atoms with van der Waals surface area (Å²) < 4.78 is 27.3. The predicted octanol–water partition coefficient (Wildman–Crippen LogP) is 2.18. The number of fused-ring (bicyclic) bond motifs is 2. The number of benzene rings is 1. The van der Waals surface area contributed by atoms with Crippen LogP contribution in [0.25, 0.3) is 11.0 Å². The maximum Gasteiger partial charge on any atom is 0.269 e. The molecule has 0 radical (unpaired) electrons. The number of methoxy groups -OCH3 is 1. The number of nitrogens with zero attached hydrogens (tertiary/aromatic N) is 4. The molecule has 13 heteroatoms. The molecule has 1 amide bonds. The van der Waals surface area contributed by atoms with Crippen LogP contribution in [-0.4, -0.2) is 70.9 Å². The van der Waals surface area contributed by atoms with Crippen molar-refractivity contribution in [3.8, 4) is 11.5 Å². The lowest BCUT2D eigenvalue weighted by Crippen LogP contribution is -2.51. The van der Waals surface area contributed by atoms with Crippen LogP contribution in [0.1, 0.15) is 12.1 Å². The van der Waals surface area contributed by atoms with E-state index < -0.39 is 6.17 Å². The second-order valence-corrected chi connectivity index (χ2v) is 8.68. The van der Waals surface area contributed by atoms with Gasteiger partial charge in [0.1, 0.15) is 11.9 Å². The molecule has 10 nitrogen and oxygen atoms in total. The first kappa shape index (κ1) is 28.6. The number of nitrogens with one attached hydrogen (secondary N) is 2. The van der Waals surface area contributed by atoms with Crippen molar-refractivity contribution < 1.29 is 18.7 Å². The molecule has 1 fully saturated rings. The number of amides is 1. The van der Waals surface area contributed by atoms with E-state index in [1.807, 2.05) is 11.0 Å². The number of carbonyl (C=O) groups excluding carboxylic acids is 1. The molecule has 1 aromatic carbocycles. The van der Waals surface area contributed by atoms with Gasteiger partial charge in [0, 0.05) is 38.3 Å². The van der Waals surface area contributed by atoms with Gasteiger partial charge in [-0.25, -0.2) is 14.4 Å². The van der Waals surface area contributed by atoms with Crippen molar-refractivity contribution in [2.24, 2.45) is 0 Å². The first-order valence-corrected chi connectivity index (χ1v) is 11.6. The molecule has 0 unspecified atom stereocenters. The van der Waals surface area contributed by atoms with Crippen LogP contribution in [0.2, 0.25) is 0 Å². The van der Waals surface area contributed by atoms with Gasteiger partial charge in [0.05, 0.1) is 30.0 Å². The second kappa shape index (κ2) is 12.5. The Morgan fingerprint density at radius 2 is 2.05 bits per heavy atom. The number of ether oxygens (including phenoxy) is 2. The Morgan fingerprint density at radius 1 is 1.22 bits per heavy atom. The van der Waals surface area contributed by atoms with Gasteiger partial charge in [0.15, 0.2) is 18.2 Å². The SMILES string of the molecule is COc1ccc2ncc(=O)n(CCN3CC[C@@H](NCc4ccc5c(n4)NC(=O)CO5)[C@@H](F)C3)c2c1.Cl.Cl. The predicted molar refractivity (Wildman–Crippen MR) is 142 cm³/mol. The lowest BCUT2D eigenvalue weighted by Gasteiger charge is -2.35. The van der Waals surface area contributed by atoms with Gasteiger partial charge in [-0.2, -0.15) is 0 Å². The third kappa shape index (κ3) is 6.48. The van der Waals surface area contributed by atoms with E-state index in [-0.39, 0.29) is 55.5 Å². The smallest absolute Gasteiger partial charge is 0.269 e. The largest absolute Gasteiger partial charge is 0.497 e. The summed E-state index contributed by atoms with van der Waals surface area (Å²) in [6.45, 7) is 2.34. The van der Waals surface area contributed by atoms with Crippen molar-refractivity contribution in [2.75, 3.05) is 38.7 Å². The Hall–Kier alpha value is -2.99. The van der Waals surface area contributed by atoms with Crippen LogP contribution in [0.4, 0.5) is 10.2 Å². The zero-order valence-electron chi connectivity index (χ0n) is 20.2. The van der Waals surface area contributed by atoms with Crippen molar-refractivity contribution in [2.45, 2.75) is 31.7 Å². The summed E-state index contributed by atoms with van der Waals surface area (Å²) in [5.74, 6) is 1.33. The van der Waals surface area contributed by atoms with E-state index in [1.54, 1.807) is 35.9 Å². The highest BCUT2D eigenvalue weighted by Gasteiger charge is 2.29. The van der Waals surface area contributed by atoms with E-state index in [9.17, 15) is 14.0 Å². The van der Waals surface area contributed by atoms with Crippen molar-refractivity contribution in [3.63, 3.8) is 0 Å². The Bertz CT molecular complexity index is 1310. The summed E-state index contributed by atoms with van der Waals surface area (Å²) in [4.78, 5) is 34.6. The minimum Gasteiger partial charge on any atom is -0.497 e. The van der Waals surface area contributed by atoms with Crippen molar-refractivity contribution in [1.29, 1.82) is 0 Å². The maximum absolute atomic E-state index is 15.0. The molecule has 1 saturated heterocycles. The summed E-state index contributed by atoms with van der Waals surface area (Å²) in [7, 11) is 1.58. The fourth-order valence-corrected chi connectivity index (χ4v) is 4.48. The fourth-order valence-electron chi connectivity index (χ4n) is 4.48. The molecular weight excluding hydrogens is 526 g/mol. The number of halogens is 3. The molecule has 2 aliphatic heterocycles. The Kier molecular flexibility index (Phi) is 9.66. The van der Waals surface area contributed by atoms with Crippen LogP contribution in [0.15, 0.2) is 41.3 Å². The third-order valence-electron chi connectivity index (χ3n) is 6.40. The molecule has 5 rings (SSSR count). The van der Waals surface area contributed by atoms with Crippen LogP contribution in [0, 0.1) is 0 Å². The van der Waals surface area contributed by atoms with Gasteiger partial charge in [-0.05, 0) is 37.2 Å². The van der Waals surface area contributed by atoms with Gasteiger partial charge in [0.25, 0.3) is 11.5 Å². The zero-order chi connectivity index (χ0) is 24.4. The minimum absolute atomic E-state index is 0. The van der Waals surface area contributed by atoms with Gasteiger partial charge in [-0.15, -0.1) is 24.8 Å². The number of anilines is 1. The van der Waals surface area contributed by atoms with Crippen LogP contribution in [0.3, 0.4) is 0 Å². The topological polar surface area (TPSA) is 111 Å². The first-order valence-electron chi connectivity index (χ1n) is 11.6. The number of likely N-dealkylation sites (tertiary alicyclic amines) is 1. The summed E-state index contributed by atoms with van der Waals surface area (Å²) >= 11 is 0. The number of pyridine rings is 1. The highest BCUT2D eigenvalue weighted by molar-refractivity contribution is 5.94. The van der Waals surface area contributed by atoms with Crippen molar-refractivity contribution in [3.05, 3.63) is 52.6 Å². The number of hydrogen-bond acceptors (Lipinski definition) is 8. The summed E-state index contributed by atoms with van der Waals surface area (Å²) in [6, 6.07) is 8.68. The van der Waals surface area contributed by atoms with Gasteiger partial charge >= 0.3 is 0 Å². The van der Waals surface area contributed by atoms with E-state index in [0.29, 0.717) is 66.6 Å². The number of aromatic nitrogens is 3. The molecule has 2 atom stereocenters. The van der Waals surface area contributed by atoms with Crippen molar-refractivity contribution >= 4 is 47.6 Å². The molecule has 37 heavy (non-hydrogen) atoms. The maximum atomic E-state index is 15.0. The molecule has 2 N–H and O–H groups in total. The Labute approximate surface area is 225 Å². The van der Waals surface area contributed by atoms with Gasteiger partial charge in [-0.3, -0.25) is 14.5 Å². The molecule has 0 saturated carbocycles. The van der Waals surface area contributed by atoms with Gasteiger partial charge in [0.2, 0.25) is 0 Å². The van der Waals surface area contributed by atoms with E-state index in [2.05, 4.69) is 20.6 Å². The number of alkyl halides is 1. The normalized spacial score (nSPS) is 19.1. The fraction of sp³-hybridized carbons (Fsp3) is 0.417. The van der Waals surface area contributed by atoms with E-state index >= 15 is 0 Å².